The first-order valence-corrected chi connectivity index (χ1v) is 6.30. The first-order valence-electron chi connectivity index (χ1n) is 5.93. The SMILES string of the molecule is COC(=O)c1ccc(F)cc1Nc1cccc(Cl)c1C. The van der Waals surface area contributed by atoms with Crippen molar-refractivity contribution in [2.45, 2.75) is 6.92 Å². The fraction of sp³-hybridized carbons (Fsp3) is 0.133. The van der Waals surface area contributed by atoms with E-state index in [0.29, 0.717) is 16.4 Å². The van der Waals surface area contributed by atoms with E-state index in [4.69, 9.17) is 11.6 Å². The molecule has 0 saturated heterocycles. The minimum atomic E-state index is -0.535. The molecule has 0 aliphatic heterocycles. The van der Waals surface area contributed by atoms with E-state index < -0.39 is 11.8 Å². The van der Waals surface area contributed by atoms with Crippen molar-refractivity contribution < 1.29 is 13.9 Å². The van der Waals surface area contributed by atoms with Gasteiger partial charge in [-0.15, -0.1) is 0 Å². The van der Waals surface area contributed by atoms with Crippen LogP contribution in [0.25, 0.3) is 0 Å². The molecular weight excluding hydrogens is 281 g/mol. The maximum Gasteiger partial charge on any atom is 0.339 e. The number of carbonyl (C=O) groups is 1. The summed E-state index contributed by atoms with van der Waals surface area (Å²) in [5, 5.41) is 3.60. The minimum absolute atomic E-state index is 0.258. The number of benzene rings is 2. The third-order valence-corrected chi connectivity index (χ3v) is 3.33. The molecule has 0 heterocycles. The fourth-order valence-corrected chi connectivity index (χ4v) is 1.97. The first kappa shape index (κ1) is 14.3. The number of esters is 1. The monoisotopic (exact) mass is 293 g/mol. The molecule has 0 spiro atoms. The molecule has 0 fully saturated rings. The lowest BCUT2D eigenvalue weighted by Crippen LogP contribution is -2.06. The molecule has 0 unspecified atom stereocenters. The second-order valence-electron chi connectivity index (χ2n) is 4.22. The lowest BCUT2D eigenvalue weighted by Gasteiger charge is -2.13. The summed E-state index contributed by atoms with van der Waals surface area (Å²) >= 11 is 6.04. The molecule has 2 rings (SSSR count). The number of carbonyl (C=O) groups excluding carboxylic acids is 1. The Morgan fingerprint density at radius 3 is 2.70 bits per heavy atom. The number of hydrogen-bond acceptors (Lipinski definition) is 3. The van der Waals surface area contributed by atoms with Crippen molar-refractivity contribution in [2.24, 2.45) is 0 Å². The Kier molecular flexibility index (Phi) is 4.25. The van der Waals surface area contributed by atoms with E-state index in [0.717, 1.165) is 5.56 Å². The van der Waals surface area contributed by atoms with Crippen LogP contribution in [-0.2, 0) is 4.74 Å². The minimum Gasteiger partial charge on any atom is -0.465 e. The van der Waals surface area contributed by atoms with E-state index in [2.05, 4.69) is 10.1 Å². The molecule has 3 nitrogen and oxygen atoms in total. The summed E-state index contributed by atoms with van der Waals surface area (Å²) in [5.41, 5.74) is 2.11. The second kappa shape index (κ2) is 5.92. The van der Waals surface area contributed by atoms with Gasteiger partial charge >= 0.3 is 5.97 Å². The molecule has 2 aromatic carbocycles. The molecule has 5 heteroatoms. The summed E-state index contributed by atoms with van der Waals surface area (Å²) in [6.45, 7) is 1.84. The normalized spacial score (nSPS) is 10.2. The molecular formula is C15H13ClFNO2. The highest BCUT2D eigenvalue weighted by atomic mass is 35.5. The van der Waals surface area contributed by atoms with Gasteiger partial charge in [0, 0.05) is 10.7 Å². The van der Waals surface area contributed by atoms with E-state index in [9.17, 15) is 9.18 Å². The van der Waals surface area contributed by atoms with Crippen LogP contribution in [0.15, 0.2) is 36.4 Å². The highest BCUT2D eigenvalue weighted by Crippen LogP contribution is 2.28. The topological polar surface area (TPSA) is 38.3 Å². The zero-order valence-corrected chi connectivity index (χ0v) is 11.8. The van der Waals surface area contributed by atoms with Crippen molar-refractivity contribution in [1.29, 1.82) is 0 Å². The first-order chi connectivity index (χ1) is 9.52. The van der Waals surface area contributed by atoms with Crippen LogP contribution in [0, 0.1) is 12.7 Å². The van der Waals surface area contributed by atoms with E-state index in [-0.39, 0.29) is 5.56 Å². The number of ether oxygens (including phenoxy) is 1. The summed E-state index contributed by atoms with van der Waals surface area (Å²) < 4.78 is 18.1. The van der Waals surface area contributed by atoms with Crippen molar-refractivity contribution in [3.63, 3.8) is 0 Å². The zero-order valence-electron chi connectivity index (χ0n) is 11.0. The third kappa shape index (κ3) is 2.91. The van der Waals surface area contributed by atoms with Gasteiger partial charge in [0.15, 0.2) is 0 Å². The van der Waals surface area contributed by atoms with Gasteiger partial charge in [0.05, 0.1) is 18.4 Å². The number of halogens is 2. The van der Waals surface area contributed by atoms with E-state index in [1.54, 1.807) is 18.2 Å². The average molecular weight is 294 g/mol. The van der Waals surface area contributed by atoms with Gasteiger partial charge in [0.2, 0.25) is 0 Å². The zero-order chi connectivity index (χ0) is 14.7. The van der Waals surface area contributed by atoms with Crippen LogP contribution in [0.3, 0.4) is 0 Å². The summed E-state index contributed by atoms with van der Waals surface area (Å²) in [4.78, 5) is 11.7. The van der Waals surface area contributed by atoms with Crippen LogP contribution in [-0.4, -0.2) is 13.1 Å². The molecule has 1 N–H and O–H groups in total. The van der Waals surface area contributed by atoms with Gasteiger partial charge in [-0.25, -0.2) is 9.18 Å². The van der Waals surface area contributed by atoms with Crippen LogP contribution in [0.2, 0.25) is 5.02 Å². The van der Waals surface area contributed by atoms with Gasteiger partial charge in [0.1, 0.15) is 5.82 Å². The van der Waals surface area contributed by atoms with Crippen molar-refractivity contribution >= 4 is 28.9 Å². The van der Waals surface area contributed by atoms with E-state index in [1.807, 2.05) is 6.92 Å². The number of rotatable bonds is 3. The second-order valence-corrected chi connectivity index (χ2v) is 4.63. The quantitative estimate of drug-likeness (QED) is 0.857. The van der Waals surface area contributed by atoms with Gasteiger partial charge in [-0.1, -0.05) is 17.7 Å². The maximum atomic E-state index is 13.4. The Hall–Kier alpha value is -2.07. The van der Waals surface area contributed by atoms with Gasteiger partial charge in [-0.05, 0) is 42.8 Å². The largest absolute Gasteiger partial charge is 0.465 e. The molecule has 0 bridgehead atoms. The summed E-state index contributed by atoms with van der Waals surface area (Å²) in [6, 6.07) is 9.16. The van der Waals surface area contributed by atoms with E-state index in [1.165, 1.54) is 25.3 Å². The van der Waals surface area contributed by atoms with Crippen molar-refractivity contribution in [2.75, 3.05) is 12.4 Å². The molecule has 0 radical (unpaired) electrons. The van der Waals surface area contributed by atoms with Crippen molar-refractivity contribution in [3.8, 4) is 0 Å². The van der Waals surface area contributed by atoms with Gasteiger partial charge in [-0.3, -0.25) is 0 Å². The molecule has 20 heavy (non-hydrogen) atoms. The highest BCUT2D eigenvalue weighted by Gasteiger charge is 2.14. The van der Waals surface area contributed by atoms with Gasteiger partial charge in [0.25, 0.3) is 0 Å². The predicted molar refractivity (Wildman–Crippen MR) is 77.2 cm³/mol. The van der Waals surface area contributed by atoms with Crippen LogP contribution in [0.4, 0.5) is 15.8 Å². The molecule has 0 aliphatic rings. The molecule has 0 amide bonds. The molecule has 104 valence electrons. The number of nitrogens with one attached hydrogen (secondary N) is 1. The number of methoxy groups -OCH3 is 1. The van der Waals surface area contributed by atoms with Crippen molar-refractivity contribution in [3.05, 3.63) is 58.4 Å². The Balaban J connectivity index is 2.44. The molecule has 0 atom stereocenters. The number of anilines is 2. The number of hydrogen-bond donors (Lipinski definition) is 1. The van der Waals surface area contributed by atoms with Crippen LogP contribution in [0.5, 0.6) is 0 Å². The van der Waals surface area contributed by atoms with Gasteiger partial charge in [-0.2, -0.15) is 0 Å². The lowest BCUT2D eigenvalue weighted by molar-refractivity contribution is 0.0602. The van der Waals surface area contributed by atoms with Gasteiger partial charge < -0.3 is 10.1 Å². The molecule has 0 aromatic heterocycles. The Morgan fingerprint density at radius 1 is 1.25 bits per heavy atom. The molecule has 2 aromatic rings. The Labute approximate surface area is 121 Å². The smallest absolute Gasteiger partial charge is 0.339 e. The highest BCUT2D eigenvalue weighted by molar-refractivity contribution is 6.31. The Bertz CT molecular complexity index is 658. The average Bonchev–Trinajstić information content (AvgIpc) is 2.43. The fourth-order valence-electron chi connectivity index (χ4n) is 1.80. The third-order valence-electron chi connectivity index (χ3n) is 2.92. The van der Waals surface area contributed by atoms with Crippen molar-refractivity contribution in [1.82, 2.24) is 0 Å². The summed E-state index contributed by atoms with van der Waals surface area (Å²) in [5.74, 6) is -0.980. The maximum absolute atomic E-state index is 13.4. The summed E-state index contributed by atoms with van der Waals surface area (Å²) in [7, 11) is 1.28. The molecule has 0 saturated carbocycles. The van der Waals surface area contributed by atoms with Crippen LogP contribution >= 0.6 is 11.6 Å². The Morgan fingerprint density at radius 2 is 2.00 bits per heavy atom. The van der Waals surface area contributed by atoms with Crippen LogP contribution in [0.1, 0.15) is 15.9 Å². The van der Waals surface area contributed by atoms with Crippen LogP contribution < -0.4 is 5.32 Å². The summed E-state index contributed by atoms with van der Waals surface area (Å²) in [6.07, 6.45) is 0. The predicted octanol–water partition coefficient (Wildman–Crippen LogP) is 4.32. The van der Waals surface area contributed by atoms with E-state index >= 15 is 0 Å². The molecule has 0 aliphatic carbocycles. The standard InChI is InChI=1S/C15H13ClFNO2/c1-9-12(16)4-3-5-13(9)18-14-8-10(17)6-7-11(14)15(19)20-2/h3-8,18H,1-2H3. The lowest BCUT2D eigenvalue weighted by atomic mass is 10.1.